The highest BCUT2D eigenvalue weighted by molar-refractivity contribution is 4.92. The van der Waals surface area contributed by atoms with Gasteiger partial charge in [0, 0.05) is 13.2 Å². The molecule has 1 unspecified atom stereocenters. The van der Waals surface area contributed by atoms with Gasteiger partial charge in [-0.15, -0.1) is 0 Å². The van der Waals surface area contributed by atoms with Crippen LogP contribution in [-0.2, 0) is 14.2 Å². The Bertz CT molecular complexity index is 435. The number of allylic oxidation sites excluding steroid dienone is 4. The molecule has 0 radical (unpaired) electrons. The average Bonchev–Trinajstić information content (AvgIpc) is 3.32. The fourth-order valence-corrected chi connectivity index (χ4v) is 3.99. The Morgan fingerprint density at radius 3 is 2.16 bits per heavy atom. The molecule has 1 atom stereocenters. The molecule has 5 heteroatoms. The molecule has 0 aliphatic carbocycles. The van der Waals surface area contributed by atoms with Crippen molar-refractivity contribution in [2.24, 2.45) is 0 Å². The van der Waals surface area contributed by atoms with Gasteiger partial charge in [0.2, 0.25) is 0 Å². The van der Waals surface area contributed by atoms with Gasteiger partial charge in [0.15, 0.2) is 0 Å². The van der Waals surface area contributed by atoms with Gasteiger partial charge in [0.05, 0.1) is 12.7 Å². The van der Waals surface area contributed by atoms with E-state index in [1.54, 1.807) is 0 Å². The zero-order chi connectivity index (χ0) is 23.0. The Labute approximate surface area is 198 Å². The number of ether oxygens (including phenoxy) is 3. The van der Waals surface area contributed by atoms with Crippen molar-refractivity contribution in [2.45, 2.75) is 103 Å². The van der Waals surface area contributed by atoms with Crippen LogP contribution >= 0.6 is 0 Å². The van der Waals surface area contributed by atoms with Crippen LogP contribution in [0.25, 0.3) is 0 Å². The van der Waals surface area contributed by atoms with Crippen LogP contribution in [0, 0.1) is 0 Å². The van der Waals surface area contributed by atoms with Gasteiger partial charge in [-0.05, 0) is 64.5 Å². The summed E-state index contributed by atoms with van der Waals surface area (Å²) in [7, 11) is 0. The molecule has 0 aromatic rings. The number of nitrogens with zero attached hydrogens (tertiary/aromatic N) is 1. The lowest BCUT2D eigenvalue weighted by Crippen LogP contribution is -2.35. The maximum Gasteiger partial charge on any atom is 0.147 e. The predicted molar refractivity (Wildman–Crippen MR) is 134 cm³/mol. The third kappa shape index (κ3) is 18.8. The molecule has 1 N–H and O–H groups in total. The van der Waals surface area contributed by atoms with Crippen LogP contribution in [0.15, 0.2) is 24.3 Å². The van der Waals surface area contributed by atoms with Crippen molar-refractivity contribution in [1.29, 1.82) is 0 Å². The molecule has 0 bridgehead atoms. The van der Waals surface area contributed by atoms with E-state index in [0.717, 1.165) is 39.1 Å². The van der Waals surface area contributed by atoms with E-state index in [4.69, 9.17) is 19.3 Å². The molecule has 0 saturated carbocycles. The summed E-state index contributed by atoms with van der Waals surface area (Å²) >= 11 is 0. The number of aliphatic hydroxyl groups is 1. The third-order valence-electron chi connectivity index (χ3n) is 5.93. The minimum Gasteiger partial charge on any atom is -0.371 e. The Kier molecular flexibility index (Phi) is 21.5. The van der Waals surface area contributed by atoms with Crippen LogP contribution < -0.4 is 0 Å². The summed E-state index contributed by atoms with van der Waals surface area (Å²) in [5.41, 5.74) is 0. The van der Waals surface area contributed by atoms with E-state index in [0.29, 0.717) is 13.4 Å². The molecule has 188 valence electrons. The second kappa shape index (κ2) is 23.4. The Balaban J connectivity index is 1.85. The first-order chi connectivity index (χ1) is 15.9. The number of rotatable bonds is 23. The summed E-state index contributed by atoms with van der Waals surface area (Å²) in [5.74, 6) is 0. The van der Waals surface area contributed by atoms with Crippen LogP contribution in [-0.4, -0.2) is 62.5 Å². The summed E-state index contributed by atoms with van der Waals surface area (Å²) < 4.78 is 16.6. The summed E-state index contributed by atoms with van der Waals surface area (Å²) in [6.07, 6.45) is 26.8. The van der Waals surface area contributed by atoms with Crippen molar-refractivity contribution in [3.05, 3.63) is 24.3 Å². The van der Waals surface area contributed by atoms with E-state index in [1.165, 1.54) is 77.0 Å². The molecule has 1 rings (SSSR count). The molecule has 1 aliphatic heterocycles. The lowest BCUT2D eigenvalue weighted by atomic mass is 10.1. The van der Waals surface area contributed by atoms with Gasteiger partial charge in [0.1, 0.15) is 13.6 Å². The predicted octanol–water partition coefficient (Wildman–Crippen LogP) is 6.22. The molecule has 0 aromatic carbocycles. The van der Waals surface area contributed by atoms with Gasteiger partial charge in [-0.2, -0.15) is 0 Å². The fraction of sp³-hybridized carbons (Fsp3) is 0.852. The monoisotopic (exact) mass is 453 g/mol. The first-order valence-electron chi connectivity index (χ1n) is 13.3. The van der Waals surface area contributed by atoms with Gasteiger partial charge in [0.25, 0.3) is 0 Å². The summed E-state index contributed by atoms with van der Waals surface area (Å²) in [6, 6.07) is 0. The van der Waals surface area contributed by atoms with Crippen molar-refractivity contribution < 1.29 is 19.3 Å². The number of hydrogen-bond acceptors (Lipinski definition) is 5. The van der Waals surface area contributed by atoms with Crippen LogP contribution in [0.4, 0.5) is 0 Å². The van der Waals surface area contributed by atoms with Crippen LogP contribution in [0.5, 0.6) is 0 Å². The summed E-state index contributed by atoms with van der Waals surface area (Å²) in [5, 5.41) is 8.88. The van der Waals surface area contributed by atoms with E-state index < -0.39 is 0 Å². The first-order valence-corrected chi connectivity index (χ1v) is 13.3. The number of unbranched alkanes of at least 4 members (excludes halogenated alkanes) is 9. The van der Waals surface area contributed by atoms with E-state index in [2.05, 4.69) is 36.1 Å². The quantitative estimate of drug-likeness (QED) is 0.113. The van der Waals surface area contributed by atoms with Crippen molar-refractivity contribution in [2.75, 3.05) is 46.4 Å². The van der Waals surface area contributed by atoms with E-state index in [-0.39, 0.29) is 12.9 Å². The molecule has 0 spiro atoms. The number of likely N-dealkylation sites (tertiary alicyclic amines) is 1. The largest absolute Gasteiger partial charge is 0.371 e. The van der Waals surface area contributed by atoms with Crippen molar-refractivity contribution in [1.82, 2.24) is 4.90 Å². The maximum absolute atomic E-state index is 8.88. The molecule has 1 heterocycles. The van der Waals surface area contributed by atoms with Crippen molar-refractivity contribution in [3.63, 3.8) is 0 Å². The van der Waals surface area contributed by atoms with Crippen LogP contribution in [0.2, 0.25) is 0 Å². The van der Waals surface area contributed by atoms with Crippen molar-refractivity contribution >= 4 is 0 Å². The SMILES string of the molecule is CCCCC/C=C\C/C=C\CCCCCCCCOCOC(COCO)CN1CCCC1. The van der Waals surface area contributed by atoms with Gasteiger partial charge in [-0.1, -0.05) is 69.8 Å². The Morgan fingerprint density at radius 1 is 0.812 bits per heavy atom. The Morgan fingerprint density at radius 2 is 1.47 bits per heavy atom. The van der Waals surface area contributed by atoms with Gasteiger partial charge >= 0.3 is 0 Å². The zero-order valence-corrected chi connectivity index (χ0v) is 20.9. The van der Waals surface area contributed by atoms with Crippen LogP contribution in [0.3, 0.4) is 0 Å². The second-order valence-electron chi connectivity index (χ2n) is 8.91. The normalized spacial score (nSPS) is 16.1. The molecule has 32 heavy (non-hydrogen) atoms. The van der Waals surface area contributed by atoms with E-state index in [1.807, 2.05) is 0 Å². The summed E-state index contributed by atoms with van der Waals surface area (Å²) in [6.45, 7) is 6.60. The molecule has 5 nitrogen and oxygen atoms in total. The minimum absolute atomic E-state index is 0.0314. The van der Waals surface area contributed by atoms with Crippen LogP contribution in [0.1, 0.15) is 96.8 Å². The topological polar surface area (TPSA) is 51.2 Å². The molecular formula is C27H51NO4. The van der Waals surface area contributed by atoms with Gasteiger partial charge < -0.3 is 24.2 Å². The maximum atomic E-state index is 8.88. The van der Waals surface area contributed by atoms with Crippen molar-refractivity contribution in [3.8, 4) is 0 Å². The molecule has 1 fully saturated rings. The molecular weight excluding hydrogens is 402 g/mol. The second-order valence-corrected chi connectivity index (χ2v) is 8.91. The summed E-state index contributed by atoms with van der Waals surface area (Å²) in [4.78, 5) is 2.40. The fourth-order valence-electron chi connectivity index (χ4n) is 3.99. The lowest BCUT2D eigenvalue weighted by molar-refractivity contribution is -0.129. The average molecular weight is 454 g/mol. The van der Waals surface area contributed by atoms with Gasteiger partial charge in [-0.3, -0.25) is 0 Å². The Hall–Kier alpha value is -0.720. The smallest absolute Gasteiger partial charge is 0.147 e. The van der Waals surface area contributed by atoms with E-state index >= 15 is 0 Å². The zero-order valence-electron chi connectivity index (χ0n) is 20.9. The van der Waals surface area contributed by atoms with Gasteiger partial charge in [-0.25, -0.2) is 0 Å². The highest BCUT2D eigenvalue weighted by Crippen LogP contribution is 2.10. The van der Waals surface area contributed by atoms with E-state index in [9.17, 15) is 0 Å². The first kappa shape index (κ1) is 29.3. The highest BCUT2D eigenvalue weighted by Gasteiger charge is 2.18. The molecule has 0 amide bonds. The highest BCUT2D eigenvalue weighted by atomic mass is 16.7. The molecule has 0 aromatic heterocycles. The third-order valence-corrected chi connectivity index (χ3v) is 5.93. The number of aliphatic hydroxyl groups excluding tert-OH is 1. The number of hydrogen-bond donors (Lipinski definition) is 1. The molecule has 1 aliphatic rings. The standard InChI is InChI=1S/C27H51NO4/c1-2-3-4-5-6-7-8-9-10-11-12-13-14-15-16-19-22-30-26-32-27(24-31-25-29)23-28-20-17-18-21-28/h6-7,9-10,27,29H,2-5,8,11-26H2,1H3/b7-6-,10-9-. The lowest BCUT2D eigenvalue weighted by Gasteiger charge is -2.23. The minimum atomic E-state index is -0.256. The molecule has 1 saturated heterocycles.